The van der Waals surface area contributed by atoms with Gasteiger partial charge in [-0.1, -0.05) is 34.1 Å². The predicted molar refractivity (Wildman–Crippen MR) is 101 cm³/mol. The van der Waals surface area contributed by atoms with Crippen LogP contribution in [0.1, 0.15) is 26.3 Å². The van der Waals surface area contributed by atoms with Gasteiger partial charge in [0, 0.05) is 22.5 Å². The molecular formula is C19H15BrN2O4. The molecule has 1 aromatic heterocycles. The Hall–Kier alpha value is -2.93. The number of esters is 1. The van der Waals surface area contributed by atoms with Crippen LogP contribution < -0.4 is 10.9 Å². The van der Waals surface area contributed by atoms with E-state index in [1.54, 1.807) is 42.5 Å². The van der Waals surface area contributed by atoms with Crippen LogP contribution in [0.5, 0.6) is 0 Å². The Kier molecular flexibility index (Phi) is 5.18. The zero-order chi connectivity index (χ0) is 18.7. The lowest BCUT2D eigenvalue weighted by Crippen LogP contribution is -2.25. The fourth-order valence-corrected chi connectivity index (χ4v) is 2.99. The van der Waals surface area contributed by atoms with Gasteiger partial charge in [0.2, 0.25) is 5.56 Å². The van der Waals surface area contributed by atoms with Crippen molar-refractivity contribution in [2.24, 2.45) is 0 Å². The molecule has 1 amide bonds. The minimum atomic E-state index is -0.440. The molecule has 0 saturated carbocycles. The van der Waals surface area contributed by atoms with Crippen molar-refractivity contribution in [2.75, 3.05) is 7.11 Å². The van der Waals surface area contributed by atoms with Gasteiger partial charge >= 0.3 is 5.97 Å². The number of rotatable bonds is 4. The van der Waals surface area contributed by atoms with Crippen LogP contribution in [0.15, 0.2) is 57.8 Å². The molecule has 2 N–H and O–H groups in total. The lowest BCUT2D eigenvalue weighted by molar-refractivity contribution is 0.0600. The lowest BCUT2D eigenvalue weighted by Gasteiger charge is -2.09. The molecule has 132 valence electrons. The Labute approximate surface area is 157 Å². The topological polar surface area (TPSA) is 88.3 Å². The van der Waals surface area contributed by atoms with Gasteiger partial charge in [0.15, 0.2) is 0 Å². The zero-order valence-electron chi connectivity index (χ0n) is 13.8. The smallest absolute Gasteiger partial charge is 0.337 e. The molecular weight excluding hydrogens is 400 g/mol. The van der Waals surface area contributed by atoms with Gasteiger partial charge in [0.25, 0.3) is 5.91 Å². The molecule has 0 atom stereocenters. The number of aromatic nitrogens is 1. The van der Waals surface area contributed by atoms with Crippen molar-refractivity contribution in [1.82, 2.24) is 10.3 Å². The van der Waals surface area contributed by atoms with Crippen molar-refractivity contribution in [2.45, 2.75) is 6.54 Å². The van der Waals surface area contributed by atoms with Crippen LogP contribution >= 0.6 is 15.9 Å². The molecule has 3 aromatic rings. The number of nitrogens with one attached hydrogen (secondary N) is 2. The molecule has 1 heterocycles. The monoisotopic (exact) mass is 414 g/mol. The van der Waals surface area contributed by atoms with Crippen LogP contribution in [0.4, 0.5) is 0 Å². The third-order valence-electron chi connectivity index (χ3n) is 3.85. The van der Waals surface area contributed by atoms with Gasteiger partial charge < -0.3 is 15.0 Å². The molecule has 0 unspecified atom stereocenters. The molecule has 0 radical (unpaired) electrons. The molecule has 26 heavy (non-hydrogen) atoms. The highest BCUT2D eigenvalue weighted by molar-refractivity contribution is 9.10. The first-order valence-corrected chi connectivity index (χ1v) is 8.55. The molecule has 0 bridgehead atoms. The fourth-order valence-electron chi connectivity index (χ4n) is 2.62. The van der Waals surface area contributed by atoms with Crippen molar-refractivity contribution < 1.29 is 14.3 Å². The SMILES string of the molecule is COC(=O)c1cccc(CNC(=O)c2cc(=O)[nH]c3cc(Br)ccc23)c1. The average Bonchev–Trinajstić information content (AvgIpc) is 2.64. The van der Waals surface area contributed by atoms with Crippen molar-refractivity contribution in [3.05, 3.63) is 80.0 Å². The number of fused-ring (bicyclic) bond motifs is 1. The summed E-state index contributed by atoms with van der Waals surface area (Å²) in [6.45, 7) is 0.217. The maximum absolute atomic E-state index is 12.6. The number of carbonyl (C=O) groups excluding carboxylic acids is 2. The van der Waals surface area contributed by atoms with E-state index in [0.29, 0.717) is 22.0 Å². The Bertz CT molecular complexity index is 1060. The number of H-pyrrole nitrogens is 1. The minimum Gasteiger partial charge on any atom is -0.465 e. The molecule has 0 fully saturated rings. The first-order valence-electron chi connectivity index (χ1n) is 7.76. The van der Waals surface area contributed by atoms with Crippen molar-refractivity contribution in [3.63, 3.8) is 0 Å². The average molecular weight is 415 g/mol. The summed E-state index contributed by atoms with van der Waals surface area (Å²) in [4.78, 5) is 38.7. The van der Waals surface area contributed by atoms with Gasteiger partial charge in [-0.3, -0.25) is 9.59 Å². The Morgan fingerprint density at radius 1 is 1.15 bits per heavy atom. The van der Waals surface area contributed by atoms with E-state index >= 15 is 0 Å². The van der Waals surface area contributed by atoms with E-state index in [4.69, 9.17) is 0 Å². The third kappa shape index (κ3) is 3.83. The van der Waals surface area contributed by atoms with E-state index in [9.17, 15) is 14.4 Å². The number of pyridine rings is 1. The highest BCUT2D eigenvalue weighted by Gasteiger charge is 2.12. The minimum absolute atomic E-state index is 0.217. The summed E-state index contributed by atoms with van der Waals surface area (Å²) in [6.07, 6.45) is 0. The van der Waals surface area contributed by atoms with Crippen LogP contribution in [0.25, 0.3) is 10.9 Å². The van der Waals surface area contributed by atoms with E-state index in [-0.39, 0.29) is 18.0 Å². The summed E-state index contributed by atoms with van der Waals surface area (Å²) in [5, 5.41) is 3.42. The number of ether oxygens (including phenoxy) is 1. The van der Waals surface area contributed by atoms with Crippen molar-refractivity contribution in [3.8, 4) is 0 Å². The lowest BCUT2D eigenvalue weighted by atomic mass is 10.1. The largest absolute Gasteiger partial charge is 0.465 e. The quantitative estimate of drug-likeness (QED) is 0.642. The molecule has 0 spiro atoms. The highest BCUT2D eigenvalue weighted by atomic mass is 79.9. The molecule has 6 nitrogen and oxygen atoms in total. The number of carbonyl (C=O) groups is 2. The number of methoxy groups -OCH3 is 1. The second-order valence-electron chi connectivity index (χ2n) is 5.61. The van der Waals surface area contributed by atoms with E-state index < -0.39 is 5.97 Å². The summed E-state index contributed by atoms with van der Waals surface area (Å²) < 4.78 is 5.49. The number of benzene rings is 2. The molecule has 0 saturated heterocycles. The van der Waals surface area contributed by atoms with Gasteiger partial charge in [-0.2, -0.15) is 0 Å². The van der Waals surface area contributed by atoms with Crippen LogP contribution in [0.2, 0.25) is 0 Å². The van der Waals surface area contributed by atoms with Gasteiger partial charge in [0.05, 0.1) is 23.8 Å². The fraction of sp³-hybridized carbons (Fsp3) is 0.105. The number of hydrogen-bond acceptors (Lipinski definition) is 4. The van der Waals surface area contributed by atoms with Crippen molar-refractivity contribution in [1.29, 1.82) is 0 Å². The van der Waals surface area contributed by atoms with Crippen LogP contribution in [-0.2, 0) is 11.3 Å². The molecule has 0 aliphatic heterocycles. The summed E-state index contributed by atoms with van der Waals surface area (Å²) >= 11 is 3.34. The normalized spacial score (nSPS) is 10.5. The summed E-state index contributed by atoms with van der Waals surface area (Å²) in [5.41, 5.74) is 1.67. The second kappa shape index (κ2) is 7.53. The zero-order valence-corrected chi connectivity index (χ0v) is 15.4. The Morgan fingerprint density at radius 3 is 2.73 bits per heavy atom. The van der Waals surface area contributed by atoms with E-state index in [1.807, 2.05) is 0 Å². The van der Waals surface area contributed by atoms with E-state index in [2.05, 4.69) is 31.0 Å². The standard InChI is InChI=1S/C19H15BrN2O4/c1-26-19(25)12-4-2-3-11(7-12)10-21-18(24)15-9-17(23)22-16-8-13(20)5-6-14(15)16/h2-9H,10H2,1H3,(H,21,24)(H,22,23). The number of halogens is 1. The Balaban J connectivity index is 1.84. The van der Waals surface area contributed by atoms with Crippen LogP contribution in [-0.4, -0.2) is 24.0 Å². The van der Waals surface area contributed by atoms with Gasteiger partial charge in [-0.15, -0.1) is 0 Å². The highest BCUT2D eigenvalue weighted by Crippen LogP contribution is 2.20. The molecule has 0 aliphatic rings. The number of aromatic amines is 1. The molecule has 7 heteroatoms. The second-order valence-corrected chi connectivity index (χ2v) is 6.53. The van der Waals surface area contributed by atoms with Gasteiger partial charge in [-0.05, 0) is 29.8 Å². The summed E-state index contributed by atoms with van der Waals surface area (Å²) in [7, 11) is 1.31. The Morgan fingerprint density at radius 2 is 1.96 bits per heavy atom. The summed E-state index contributed by atoms with van der Waals surface area (Å²) in [5.74, 6) is -0.809. The van der Waals surface area contributed by atoms with Crippen molar-refractivity contribution >= 4 is 38.7 Å². The maximum atomic E-state index is 12.6. The molecule has 0 aliphatic carbocycles. The van der Waals surface area contributed by atoms with Gasteiger partial charge in [0.1, 0.15) is 0 Å². The maximum Gasteiger partial charge on any atom is 0.337 e. The van der Waals surface area contributed by atoms with Gasteiger partial charge in [-0.25, -0.2) is 4.79 Å². The third-order valence-corrected chi connectivity index (χ3v) is 4.34. The predicted octanol–water partition coefficient (Wildman–Crippen LogP) is 3.01. The molecule has 2 aromatic carbocycles. The van der Waals surface area contributed by atoms with E-state index in [0.717, 1.165) is 10.0 Å². The van der Waals surface area contributed by atoms with Crippen LogP contribution in [0.3, 0.4) is 0 Å². The molecule has 3 rings (SSSR count). The number of amides is 1. The van der Waals surface area contributed by atoms with Crippen LogP contribution in [0, 0.1) is 0 Å². The first kappa shape index (κ1) is 17.9. The number of hydrogen-bond donors (Lipinski definition) is 2. The van der Waals surface area contributed by atoms with E-state index in [1.165, 1.54) is 13.2 Å². The first-order chi connectivity index (χ1) is 12.5. The summed E-state index contributed by atoms with van der Waals surface area (Å²) in [6, 6.07) is 13.4.